The number of hydrogen-bond donors (Lipinski definition) is 1. The van der Waals surface area contributed by atoms with Gasteiger partial charge in [0, 0.05) is 13.1 Å². The molecule has 1 atom stereocenters. The number of nitrogens with zero attached hydrogens (tertiary/aromatic N) is 1. The molecule has 1 N–H and O–H groups in total. The van der Waals surface area contributed by atoms with Crippen molar-refractivity contribution >= 4 is 0 Å². The van der Waals surface area contributed by atoms with Gasteiger partial charge >= 0.3 is 0 Å². The zero-order valence-electron chi connectivity index (χ0n) is 15.0. The molecule has 1 heterocycles. The van der Waals surface area contributed by atoms with Crippen LogP contribution in [0.4, 0.5) is 0 Å². The van der Waals surface area contributed by atoms with Crippen LogP contribution in [0.3, 0.4) is 0 Å². The highest BCUT2D eigenvalue weighted by Crippen LogP contribution is 2.31. The Morgan fingerprint density at radius 1 is 1.12 bits per heavy atom. The lowest BCUT2D eigenvalue weighted by molar-refractivity contribution is 0.261. The molecule has 128 valence electrons. The minimum atomic E-state index is 0.287. The van der Waals surface area contributed by atoms with E-state index in [-0.39, 0.29) is 6.04 Å². The number of hydrogen-bond acceptors (Lipinski definition) is 3. The highest BCUT2D eigenvalue weighted by molar-refractivity contribution is 5.44. The fourth-order valence-electron chi connectivity index (χ4n) is 3.22. The molecule has 0 aliphatic carbocycles. The number of fused-ring (bicyclic) bond motifs is 1. The SMILES string of the molecule is CCc1ccc(C2NCCc3cc(OCCN(C)C)ccc32)cc1. The Morgan fingerprint density at radius 3 is 2.62 bits per heavy atom. The molecule has 1 aliphatic rings. The summed E-state index contributed by atoms with van der Waals surface area (Å²) >= 11 is 0. The van der Waals surface area contributed by atoms with E-state index in [1.165, 1.54) is 22.3 Å². The van der Waals surface area contributed by atoms with Gasteiger partial charge in [-0.15, -0.1) is 0 Å². The molecule has 0 aromatic heterocycles. The Hall–Kier alpha value is -1.84. The van der Waals surface area contributed by atoms with E-state index in [1.807, 2.05) is 0 Å². The van der Waals surface area contributed by atoms with Crippen LogP contribution in [0.5, 0.6) is 5.75 Å². The predicted molar refractivity (Wildman–Crippen MR) is 99.9 cm³/mol. The minimum Gasteiger partial charge on any atom is -0.492 e. The second-order valence-corrected chi connectivity index (χ2v) is 6.74. The zero-order chi connectivity index (χ0) is 16.9. The van der Waals surface area contributed by atoms with E-state index in [1.54, 1.807) is 0 Å². The first kappa shape index (κ1) is 17.0. The molecule has 2 aromatic carbocycles. The molecular formula is C21H28N2O. The van der Waals surface area contributed by atoms with Gasteiger partial charge in [-0.05, 0) is 61.3 Å². The molecule has 0 bridgehead atoms. The van der Waals surface area contributed by atoms with Crippen molar-refractivity contribution < 1.29 is 4.74 Å². The largest absolute Gasteiger partial charge is 0.492 e. The molecule has 0 fully saturated rings. The number of nitrogens with one attached hydrogen (secondary N) is 1. The van der Waals surface area contributed by atoms with Gasteiger partial charge in [0.1, 0.15) is 12.4 Å². The summed E-state index contributed by atoms with van der Waals surface area (Å²) in [6.45, 7) is 4.87. The second kappa shape index (κ2) is 7.82. The maximum atomic E-state index is 5.89. The highest BCUT2D eigenvalue weighted by atomic mass is 16.5. The van der Waals surface area contributed by atoms with Crippen LogP contribution in [0.2, 0.25) is 0 Å². The van der Waals surface area contributed by atoms with E-state index < -0.39 is 0 Å². The first-order valence-corrected chi connectivity index (χ1v) is 8.90. The third-order valence-electron chi connectivity index (χ3n) is 4.70. The Kier molecular flexibility index (Phi) is 5.54. The van der Waals surface area contributed by atoms with Crippen molar-refractivity contribution in [2.24, 2.45) is 0 Å². The smallest absolute Gasteiger partial charge is 0.119 e. The Balaban J connectivity index is 1.77. The summed E-state index contributed by atoms with van der Waals surface area (Å²) in [5, 5.41) is 3.66. The van der Waals surface area contributed by atoms with Gasteiger partial charge in [-0.1, -0.05) is 37.3 Å². The van der Waals surface area contributed by atoms with E-state index in [0.717, 1.165) is 38.3 Å². The van der Waals surface area contributed by atoms with Gasteiger partial charge in [0.25, 0.3) is 0 Å². The molecule has 24 heavy (non-hydrogen) atoms. The number of benzene rings is 2. The molecule has 1 unspecified atom stereocenters. The van der Waals surface area contributed by atoms with Crippen molar-refractivity contribution in [3.8, 4) is 5.75 Å². The van der Waals surface area contributed by atoms with Crippen molar-refractivity contribution in [3.63, 3.8) is 0 Å². The lowest BCUT2D eigenvalue weighted by Crippen LogP contribution is -2.30. The molecule has 3 heteroatoms. The summed E-state index contributed by atoms with van der Waals surface area (Å²) in [6, 6.07) is 15.8. The predicted octanol–water partition coefficient (Wildman–Crippen LogP) is 3.42. The van der Waals surface area contributed by atoms with Gasteiger partial charge in [-0.3, -0.25) is 0 Å². The molecule has 0 spiro atoms. The van der Waals surface area contributed by atoms with Gasteiger partial charge in [0.05, 0.1) is 6.04 Å². The van der Waals surface area contributed by atoms with Crippen LogP contribution in [0.15, 0.2) is 42.5 Å². The van der Waals surface area contributed by atoms with E-state index in [2.05, 4.69) is 73.7 Å². The van der Waals surface area contributed by atoms with E-state index in [9.17, 15) is 0 Å². The summed E-state index contributed by atoms with van der Waals surface area (Å²) in [6.07, 6.45) is 2.15. The number of likely N-dealkylation sites (N-methyl/N-ethyl adjacent to an activating group) is 1. The summed E-state index contributed by atoms with van der Waals surface area (Å²) in [5.41, 5.74) is 5.51. The van der Waals surface area contributed by atoms with Gasteiger partial charge in [0.15, 0.2) is 0 Å². The van der Waals surface area contributed by atoms with Crippen LogP contribution in [-0.4, -0.2) is 38.7 Å². The molecule has 0 radical (unpaired) electrons. The maximum Gasteiger partial charge on any atom is 0.119 e. The molecule has 0 saturated heterocycles. The molecule has 0 amide bonds. The molecule has 3 nitrogen and oxygen atoms in total. The third kappa shape index (κ3) is 3.97. The van der Waals surface area contributed by atoms with Crippen molar-refractivity contribution in [3.05, 3.63) is 64.7 Å². The Labute approximate surface area is 145 Å². The minimum absolute atomic E-state index is 0.287. The summed E-state index contributed by atoms with van der Waals surface area (Å²) < 4.78 is 5.89. The molecule has 3 rings (SSSR count). The van der Waals surface area contributed by atoms with Crippen LogP contribution in [-0.2, 0) is 12.8 Å². The topological polar surface area (TPSA) is 24.5 Å². The first-order chi connectivity index (χ1) is 11.7. The van der Waals surface area contributed by atoms with Gasteiger partial charge in [-0.25, -0.2) is 0 Å². The average molecular weight is 324 g/mol. The van der Waals surface area contributed by atoms with E-state index in [4.69, 9.17) is 4.74 Å². The van der Waals surface area contributed by atoms with Gasteiger partial charge in [-0.2, -0.15) is 0 Å². The van der Waals surface area contributed by atoms with E-state index in [0.29, 0.717) is 0 Å². The zero-order valence-corrected chi connectivity index (χ0v) is 15.0. The Morgan fingerprint density at radius 2 is 1.92 bits per heavy atom. The third-order valence-corrected chi connectivity index (χ3v) is 4.70. The van der Waals surface area contributed by atoms with Gasteiger partial charge in [0.2, 0.25) is 0 Å². The fourth-order valence-corrected chi connectivity index (χ4v) is 3.22. The van der Waals surface area contributed by atoms with Crippen LogP contribution < -0.4 is 10.1 Å². The van der Waals surface area contributed by atoms with Crippen molar-refractivity contribution in [1.29, 1.82) is 0 Å². The van der Waals surface area contributed by atoms with Crippen LogP contribution in [0.1, 0.15) is 35.2 Å². The maximum absolute atomic E-state index is 5.89. The van der Waals surface area contributed by atoms with Gasteiger partial charge < -0.3 is 15.0 Å². The second-order valence-electron chi connectivity index (χ2n) is 6.74. The fraction of sp³-hybridized carbons (Fsp3) is 0.429. The highest BCUT2D eigenvalue weighted by Gasteiger charge is 2.21. The summed E-state index contributed by atoms with van der Waals surface area (Å²) in [4.78, 5) is 2.14. The lowest BCUT2D eigenvalue weighted by Gasteiger charge is -2.28. The molecule has 2 aromatic rings. The average Bonchev–Trinajstić information content (AvgIpc) is 2.61. The van der Waals surface area contributed by atoms with E-state index >= 15 is 0 Å². The standard InChI is InChI=1S/C21H28N2O/c1-4-16-5-7-17(8-6-16)21-20-10-9-19(24-14-13-23(2)3)15-18(20)11-12-22-21/h5-10,15,21-22H,4,11-14H2,1-3H3. The summed E-state index contributed by atoms with van der Waals surface area (Å²) in [5.74, 6) is 0.984. The quantitative estimate of drug-likeness (QED) is 0.881. The lowest BCUT2D eigenvalue weighted by atomic mass is 9.89. The Bertz CT molecular complexity index is 664. The summed E-state index contributed by atoms with van der Waals surface area (Å²) in [7, 11) is 4.13. The van der Waals surface area contributed by atoms with Crippen LogP contribution in [0.25, 0.3) is 0 Å². The first-order valence-electron chi connectivity index (χ1n) is 8.90. The monoisotopic (exact) mass is 324 g/mol. The number of ether oxygens (including phenoxy) is 1. The normalized spacial score (nSPS) is 16.9. The van der Waals surface area contributed by atoms with Crippen molar-refractivity contribution in [1.82, 2.24) is 10.2 Å². The molecular weight excluding hydrogens is 296 g/mol. The molecule has 0 saturated carbocycles. The number of aryl methyl sites for hydroxylation is 1. The molecule has 1 aliphatic heterocycles. The number of rotatable bonds is 6. The van der Waals surface area contributed by atoms with Crippen LogP contribution >= 0.6 is 0 Å². The van der Waals surface area contributed by atoms with Crippen molar-refractivity contribution in [2.45, 2.75) is 25.8 Å². The van der Waals surface area contributed by atoms with Crippen LogP contribution in [0, 0.1) is 0 Å². The van der Waals surface area contributed by atoms with Crippen molar-refractivity contribution in [2.75, 3.05) is 33.8 Å².